The van der Waals surface area contributed by atoms with Gasteiger partial charge in [0, 0.05) is 17.7 Å². The molecule has 0 bridgehead atoms. The van der Waals surface area contributed by atoms with Crippen LogP contribution in [0.3, 0.4) is 0 Å². The molecule has 166 valence electrons. The van der Waals surface area contributed by atoms with Crippen LogP contribution in [0.4, 0.5) is 0 Å². The molecule has 7 nitrogen and oxygen atoms in total. The number of hydrogen-bond acceptors (Lipinski definition) is 6. The molecule has 2 aliphatic heterocycles. The maximum atomic E-state index is 12.8. The normalized spacial score (nSPS) is 18.2. The first-order chi connectivity index (χ1) is 15.8. The van der Waals surface area contributed by atoms with Crippen LogP contribution in [0.5, 0.6) is 5.75 Å². The highest BCUT2D eigenvalue weighted by Crippen LogP contribution is 2.32. The zero-order chi connectivity index (χ0) is 21.8. The highest BCUT2D eigenvalue weighted by Gasteiger charge is 2.24. The summed E-state index contributed by atoms with van der Waals surface area (Å²) in [5, 5.41) is 12.8. The van der Waals surface area contributed by atoms with Crippen LogP contribution in [0.1, 0.15) is 36.7 Å². The second-order valence-corrected chi connectivity index (χ2v) is 9.08. The third kappa shape index (κ3) is 4.66. The molecule has 1 aromatic heterocycles. The Morgan fingerprint density at radius 2 is 1.84 bits per heavy atom. The maximum Gasteiger partial charge on any atom is 0.230 e. The molecule has 0 spiro atoms. The van der Waals surface area contributed by atoms with Crippen molar-refractivity contribution in [3.8, 4) is 11.4 Å². The van der Waals surface area contributed by atoms with E-state index in [1.54, 1.807) is 0 Å². The zero-order valence-electron chi connectivity index (χ0n) is 17.9. The summed E-state index contributed by atoms with van der Waals surface area (Å²) in [6, 6.07) is 18.0. The van der Waals surface area contributed by atoms with Crippen LogP contribution in [0.2, 0.25) is 0 Å². The third-order valence-corrected chi connectivity index (χ3v) is 6.83. The van der Waals surface area contributed by atoms with Gasteiger partial charge in [0.25, 0.3) is 0 Å². The Hall–Kier alpha value is -2.84. The smallest absolute Gasteiger partial charge is 0.230 e. The number of likely N-dealkylation sites (tertiary alicyclic amines) is 1. The quantitative estimate of drug-likeness (QED) is 0.556. The van der Waals surface area contributed by atoms with Gasteiger partial charge in [-0.3, -0.25) is 14.3 Å². The van der Waals surface area contributed by atoms with Crippen LogP contribution in [-0.2, 0) is 11.3 Å². The summed E-state index contributed by atoms with van der Waals surface area (Å²) in [6.07, 6.45) is 3.24. The summed E-state index contributed by atoms with van der Waals surface area (Å²) in [6.45, 7) is 3.57. The summed E-state index contributed by atoms with van der Waals surface area (Å²) in [5.41, 5.74) is 2.06. The van der Waals surface area contributed by atoms with E-state index in [4.69, 9.17) is 4.74 Å². The largest absolute Gasteiger partial charge is 0.493 e. The van der Waals surface area contributed by atoms with Crippen LogP contribution in [0, 0.1) is 0 Å². The Morgan fingerprint density at radius 3 is 2.69 bits per heavy atom. The number of rotatable bonds is 7. The van der Waals surface area contributed by atoms with Gasteiger partial charge in [0.1, 0.15) is 5.75 Å². The van der Waals surface area contributed by atoms with E-state index in [9.17, 15) is 4.79 Å². The van der Waals surface area contributed by atoms with Crippen molar-refractivity contribution >= 4 is 17.7 Å². The molecule has 1 atom stereocenters. The van der Waals surface area contributed by atoms with Crippen molar-refractivity contribution in [1.82, 2.24) is 25.0 Å². The number of carbonyl (C=O) groups excluding carboxylic acids is 1. The van der Waals surface area contributed by atoms with Crippen molar-refractivity contribution in [2.24, 2.45) is 0 Å². The van der Waals surface area contributed by atoms with Gasteiger partial charge in [-0.15, -0.1) is 10.2 Å². The fraction of sp³-hybridized carbons (Fsp3) is 0.375. The lowest BCUT2D eigenvalue weighted by molar-refractivity contribution is -0.119. The summed E-state index contributed by atoms with van der Waals surface area (Å²) in [7, 11) is 0. The summed E-state index contributed by atoms with van der Waals surface area (Å²) >= 11 is 1.43. The molecule has 8 heteroatoms. The van der Waals surface area contributed by atoms with Crippen molar-refractivity contribution in [2.75, 3.05) is 25.4 Å². The van der Waals surface area contributed by atoms with Gasteiger partial charge in [-0.2, -0.15) is 0 Å². The molecule has 32 heavy (non-hydrogen) atoms. The van der Waals surface area contributed by atoms with E-state index in [-0.39, 0.29) is 17.7 Å². The minimum absolute atomic E-state index is 0.0135. The molecule has 1 N–H and O–H groups in total. The molecule has 0 saturated carbocycles. The van der Waals surface area contributed by atoms with Gasteiger partial charge in [0.05, 0.1) is 24.9 Å². The van der Waals surface area contributed by atoms with Crippen molar-refractivity contribution in [1.29, 1.82) is 0 Å². The number of hydrogen-bond donors (Lipinski definition) is 1. The second-order valence-electron chi connectivity index (χ2n) is 8.14. The predicted octanol–water partition coefficient (Wildman–Crippen LogP) is 3.60. The molecule has 1 amide bonds. The Morgan fingerprint density at radius 1 is 1.06 bits per heavy atom. The standard InChI is InChI=1S/C24H27N5O2S/c30-23(25-20-12-15-31-21-11-5-4-10-19(20)21)17-32-24-27-26-22(16-28-13-6-7-14-28)29(24)18-8-2-1-3-9-18/h1-5,8-11,20H,6-7,12-17H2,(H,25,30). The molecule has 3 heterocycles. The van der Waals surface area contributed by atoms with Crippen molar-refractivity contribution in [3.05, 3.63) is 66.0 Å². The van der Waals surface area contributed by atoms with E-state index in [1.165, 1.54) is 24.6 Å². The van der Waals surface area contributed by atoms with Gasteiger partial charge in [-0.1, -0.05) is 48.2 Å². The fourth-order valence-electron chi connectivity index (χ4n) is 4.33. The van der Waals surface area contributed by atoms with E-state index in [1.807, 2.05) is 42.5 Å². The first-order valence-corrected chi connectivity index (χ1v) is 12.1. The van der Waals surface area contributed by atoms with Crippen LogP contribution >= 0.6 is 11.8 Å². The Kier molecular flexibility index (Phi) is 6.41. The molecule has 2 aromatic carbocycles. The number of thioether (sulfide) groups is 1. The number of benzene rings is 2. The molecule has 0 aliphatic carbocycles. The minimum Gasteiger partial charge on any atom is -0.493 e. The average Bonchev–Trinajstić information content (AvgIpc) is 3.49. The zero-order valence-corrected chi connectivity index (χ0v) is 18.8. The van der Waals surface area contributed by atoms with Crippen LogP contribution < -0.4 is 10.1 Å². The summed E-state index contributed by atoms with van der Waals surface area (Å²) in [4.78, 5) is 15.2. The lowest BCUT2D eigenvalue weighted by atomic mass is 10.0. The maximum absolute atomic E-state index is 12.8. The minimum atomic E-state index is -0.0224. The predicted molar refractivity (Wildman–Crippen MR) is 124 cm³/mol. The average molecular weight is 450 g/mol. The molecule has 1 fully saturated rings. The van der Waals surface area contributed by atoms with Crippen LogP contribution in [-0.4, -0.2) is 51.0 Å². The van der Waals surface area contributed by atoms with Gasteiger partial charge in [0.15, 0.2) is 11.0 Å². The molecule has 1 unspecified atom stereocenters. The number of para-hydroxylation sites is 2. The van der Waals surface area contributed by atoms with E-state index in [2.05, 4.69) is 37.1 Å². The molecule has 3 aromatic rings. The molecular weight excluding hydrogens is 422 g/mol. The highest BCUT2D eigenvalue weighted by molar-refractivity contribution is 7.99. The molecule has 0 radical (unpaired) electrons. The number of fused-ring (bicyclic) bond motifs is 1. The Labute approximate surface area is 192 Å². The van der Waals surface area contributed by atoms with E-state index in [0.29, 0.717) is 6.61 Å². The Balaban J connectivity index is 1.29. The topological polar surface area (TPSA) is 72.3 Å². The number of carbonyl (C=O) groups is 1. The van der Waals surface area contributed by atoms with Gasteiger partial charge in [-0.25, -0.2) is 0 Å². The van der Waals surface area contributed by atoms with E-state index < -0.39 is 0 Å². The van der Waals surface area contributed by atoms with Gasteiger partial charge in [0.2, 0.25) is 5.91 Å². The van der Waals surface area contributed by atoms with Gasteiger partial charge < -0.3 is 10.1 Å². The van der Waals surface area contributed by atoms with Gasteiger partial charge in [-0.05, 0) is 44.1 Å². The molecular formula is C24H27N5O2S. The van der Waals surface area contributed by atoms with Crippen molar-refractivity contribution < 1.29 is 9.53 Å². The number of ether oxygens (including phenoxy) is 1. The van der Waals surface area contributed by atoms with Crippen LogP contribution in [0.15, 0.2) is 59.8 Å². The second kappa shape index (κ2) is 9.75. The Bertz CT molecular complexity index is 1070. The van der Waals surface area contributed by atoms with E-state index >= 15 is 0 Å². The summed E-state index contributed by atoms with van der Waals surface area (Å²) in [5.74, 6) is 2.04. The fourth-order valence-corrected chi connectivity index (χ4v) is 5.11. The lowest BCUT2D eigenvalue weighted by Crippen LogP contribution is -2.33. The SMILES string of the molecule is O=C(CSc1nnc(CN2CCCC2)n1-c1ccccc1)NC1CCOc2ccccc21. The molecule has 5 rings (SSSR count). The van der Waals surface area contributed by atoms with Crippen molar-refractivity contribution in [3.63, 3.8) is 0 Å². The molecule has 2 aliphatic rings. The van der Waals surface area contributed by atoms with Crippen molar-refractivity contribution in [2.45, 2.75) is 37.0 Å². The number of aromatic nitrogens is 3. The van der Waals surface area contributed by atoms with Crippen LogP contribution in [0.25, 0.3) is 5.69 Å². The third-order valence-electron chi connectivity index (χ3n) is 5.90. The highest BCUT2D eigenvalue weighted by atomic mass is 32.2. The number of amides is 1. The summed E-state index contributed by atoms with van der Waals surface area (Å²) < 4.78 is 7.79. The number of nitrogens with zero attached hydrogens (tertiary/aromatic N) is 4. The first kappa shape index (κ1) is 21.0. The first-order valence-electron chi connectivity index (χ1n) is 11.1. The monoisotopic (exact) mass is 449 g/mol. The lowest BCUT2D eigenvalue weighted by Gasteiger charge is -2.26. The van der Waals surface area contributed by atoms with Gasteiger partial charge >= 0.3 is 0 Å². The van der Waals surface area contributed by atoms with E-state index in [0.717, 1.165) is 54.0 Å². The molecule has 1 saturated heterocycles. The number of nitrogens with one attached hydrogen (secondary N) is 1.